The van der Waals surface area contributed by atoms with E-state index in [1.165, 1.54) is 0 Å². The van der Waals surface area contributed by atoms with E-state index in [0.717, 1.165) is 17.5 Å². The molecule has 4 heteroatoms. The number of carboxylic acids is 1. The van der Waals surface area contributed by atoms with Gasteiger partial charge in [0.25, 0.3) is 0 Å². The first-order chi connectivity index (χ1) is 11.1. The van der Waals surface area contributed by atoms with Gasteiger partial charge in [0.05, 0.1) is 29.7 Å². The third-order valence-electron chi connectivity index (χ3n) is 3.77. The minimum atomic E-state index is -0.850. The Kier molecular flexibility index (Phi) is 5.50. The predicted octanol–water partition coefficient (Wildman–Crippen LogP) is 3.62. The predicted molar refractivity (Wildman–Crippen MR) is 85.6 cm³/mol. The van der Waals surface area contributed by atoms with Crippen LogP contribution in [0.4, 0.5) is 0 Å². The van der Waals surface area contributed by atoms with E-state index < -0.39 is 5.97 Å². The SMILES string of the molecule is N#Cc1ccc(CC[C@@H](CC(=O)O)c2cccc(C#N)c2)cc1. The fourth-order valence-corrected chi connectivity index (χ4v) is 2.55. The minimum Gasteiger partial charge on any atom is -0.481 e. The maximum absolute atomic E-state index is 11.1. The molecule has 114 valence electrons. The molecule has 0 aromatic heterocycles. The molecular formula is C19H16N2O2. The molecular weight excluding hydrogens is 288 g/mol. The summed E-state index contributed by atoms with van der Waals surface area (Å²) in [7, 11) is 0. The summed E-state index contributed by atoms with van der Waals surface area (Å²) in [6.07, 6.45) is 1.43. The first-order valence-electron chi connectivity index (χ1n) is 7.33. The monoisotopic (exact) mass is 304 g/mol. The highest BCUT2D eigenvalue weighted by Gasteiger charge is 2.16. The number of hydrogen-bond donors (Lipinski definition) is 1. The Morgan fingerprint density at radius 1 is 1.04 bits per heavy atom. The van der Waals surface area contributed by atoms with E-state index in [1.807, 2.05) is 18.2 Å². The molecule has 0 fully saturated rings. The van der Waals surface area contributed by atoms with Crippen molar-refractivity contribution in [3.05, 3.63) is 70.8 Å². The van der Waals surface area contributed by atoms with Crippen molar-refractivity contribution in [1.29, 1.82) is 10.5 Å². The van der Waals surface area contributed by atoms with Crippen LogP contribution < -0.4 is 0 Å². The number of carboxylic acid groups (broad SMARTS) is 1. The zero-order valence-electron chi connectivity index (χ0n) is 12.6. The van der Waals surface area contributed by atoms with Gasteiger partial charge in [0, 0.05) is 0 Å². The van der Waals surface area contributed by atoms with Crippen LogP contribution in [-0.4, -0.2) is 11.1 Å². The lowest BCUT2D eigenvalue weighted by Crippen LogP contribution is -2.08. The molecule has 2 aromatic rings. The highest BCUT2D eigenvalue weighted by Crippen LogP contribution is 2.26. The van der Waals surface area contributed by atoms with E-state index in [4.69, 9.17) is 15.6 Å². The van der Waals surface area contributed by atoms with Crippen LogP contribution >= 0.6 is 0 Å². The van der Waals surface area contributed by atoms with Crippen LogP contribution in [0.5, 0.6) is 0 Å². The Morgan fingerprint density at radius 3 is 2.35 bits per heavy atom. The minimum absolute atomic E-state index is 0.0329. The molecule has 2 rings (SSSR count). The van der Waals surface area contributed by atoms with Crippen LogP contribution in [0, 0.1) is 22.7 Å². The molecule has 0 bridgehead atoms. The van der Waals surface area contributed by atoms with Gasteiger partial charge in [0.15, 0.2) is 0 Å². The highest BCUT2D eigenvalue weighted by molar-refractivity contribution is 5.68. The van der Waals surface area contributed by atoms with Crippen molar-refractivity contribution in [2.75, 3.05) is 0 Å². The molecule has 4 nitrogen and oxygen atoms in total. The van der Waals surface area contributed by atoms with Gasteiger partial charge < -0.3 is 5.11 Å². The number of carbonyl (C=O) groups is 1. The highest BCUT2D eigenvalue weighted by atomic mass is 16.4. The number of aliphatic carboxylic acids is 1. The van der Waals surface area contributed by atoms with Crippen molar-refractivity contribution in [3.63, 3.8) is 0 Å². The molecule has 0 aliphatic rings. The van der Waals surface area contributed by atoms with Crippen LogP contribution in [0.1, 0.15) is 41.0 Å². The molecule has 0 aliphatic heterocycles. The summed E-state index contributed by atoms with van der Waals surface area (Å²) in [6.45, 7) is 0. The zero-order chi connectivity index (χ0) is 16.7. The number of benzene rings is 2. The second kappa shape index (κ2) is 7.77. The van der Waals surface area contributed by atoms with Crippen molar-refractivity contribution in [3.8, 4) is 12.1 Å². The van der Waals surface area contributed by atoms with E-state index in [2.05, 4.69) is 12.1 Å². The molecule has 0 saturated heterocycles. The normalized spacial score (nSPS) is 11.2. The molecule has 0 spiro atoms. The first-order valence-corrected chi connectivity index (χ1v) is 7.33. The zero-order valence-corrected chi connectivity index (χ0v) is 12.6. The third-order valence-corrected chi connectivity index (χ3v) is 3.77. The van der Waals surface area contributed by atoms with Crippen molar-refractivity contribution in [1.82, 2.24) is 0 Å². The molecule has 1 atom stereocenters. The van der Waals surface area contributed by atoms with Crippen LogP contribution in [0.15, 0.2) is 48.5 Å². The standard InChI is InChI=1S/C19H16N2O2/c20-12-15-6-4-14(5-7-15)8-9-18(11-19(22)23)17-3-1-2-16(10-17)13-21/h1-7,10,18H,8-9,11H2,(H,22,23)/t18-/m0/s1. The van der Waals surface area contributed by atoms with E-state index in [9.17, 15) is 4.79 Å². The second-order valence-electron chi connectivity index (χ2n) is 5.38. The maximum atomic E-state index is 11.1. The topological polar surface area (TPSA) is 84.9 Å². The molecule has 0 heterocycles. The van der Waals surface area contributed by atoms with Gasteiger partial charge in [0.1, 0.15) is 0 Å². The van der Waals surface area contributed by atoms with Crippen LogP contribution in [-0.2, 0) is 11.2 Å². The van der Waals surface area contributed by atoms with E-state index in [1.54, 1.807) is 30.3 Å². The van der Waals surface area contributed by atoms with Crippen molar-refractivity contribution in [2.45, 2.75) is 25.2 Å². The Labute approximate surface area is 135 Å². The maximum Gasteiger partial charge on any atom is 0.303 e. The number of aryl methyl sites for hydroxylation is 1. The summed E-state index contributed by atoms with van der Waals surface area (Å²) in [5, 5.41) is 26.9. The van der Waals surface area contributed by atoms with Gasteiger partial charge in [0.2, 0.25) is 0 Å². The number of nitriles is 2. The van der Waals surface area contributed by atoms with Gasteiger partial charge in [-0.25, -0.2) is 0 Å². The number of hydrogen-bond acceptors (Lipinski definition) is 3. The van der Waals surface area contributed by atoms with Crippen molar-refractivity contribution >= 4 is 5.97 Å². The lowest BCUT2D eigenvalue weighted by Gasteiger charge is -2.15. The van der Waals surface area contributed by atoms with Gasteiger partial charge in [-0.05, 0) is 54.2 Å². The summed E-state index contributed by atoms with van der Waals surface area (Å²) >= 11 is 0. The quantitative estimate of drug-likeness (QED) is 0.883. The van der Waals surface area contributed by atoms with Gasteiger partial charge in [-0.3, -0.25) is 4.79 Å². The van der Waals surface area contributed by atoms with Crippen LogP contribution in [0.25, 0.3) is 0 Å². The number of nitrogens with zero attached hydrogens (tertiary/aromatic N) is 2. The fourth-order valence-electron chi connectivity index (χ4n) is 2.55. The van der Waals surface area contributed by atoms with Crippen molar-refractivity contribution < 1.29 is 9.90 Å². The third kappa shape index (κ3) is 4.69. The Balaban J connectivity index is 2.13. The molecule has 0 unspecified atom stereocenters. The smallest absolute Gasteiger partial charge is 0.303 e. The number of rotatable bonds is 6. The lowest BCUT2D eigenvalue weighted by molar-refractivity contribution is -0.137. The van der Waals surface area contributed by atoms with Gasteiger partial charge >= 0.3 is 5.97 Å². The van der Waals surface area contributed by atoms with Crippen molar-refractivity contribution in [2.24, 2.45) is 0 Å². The van der Waals surface area contributed by atoms with E-state index >= 15 is 0 Å². The first kappa shape index (κ1) is 16.3. The lowest BCUT2D eigenvalue weighted by atomic mass is 9.89. The largest absolute Gasteiger partial charge is 0.481 e. The summed E-state index contributed by atoms with van der Waals surface area (Å²) in [5.74, 6) is -0.992. The summed E-state index contributed by atoms with van der Waals surface area (Å²) < 4.78 is 0. The van der Waals surface area contributed by atoms with Gasteiger partial charge in [-0.2, -0.15) is 10.5 Å². The molecule has 0 aliphatic carbocycles. The summed E-state index contributed by atoms with van der Waals surface area (Å²) in [6, 6.07) is 18.6. The summed E-state index contributed by atoms with van der Waals surface area (Å²) in [5.41, 5.74) is 3.09. The molecule has 2 aromatic carbocycles. The summed E-state index contributed by atoms with van der Waals surface area (Å²) in [4.78, 5) is 11.1. The average Bonchev–Trinajstić information content (AvgIpc) is 2.58. The second-order valence-corrected chi connectivity index (χ2v) is 5.38. The Morgan fingerprint density at radius 2 is 1.74 bits per heavy atom. The van der Waals surface area contributed by atoms with Crippen LogP contribution in [0.2, 0.25) is 0 Å². The van der Waals surface area contributed by atoms with E-state index in [-0.39, 0.29) is 12.3 Å². The molecule has 0 radical (unpaired) electrons. The molecule has 1 N–H and O–H groups in total. The molecule has 0 saturated carbocycles. The Hall–Kier alpha value is -3.11. The van der Waals surface area contributed by atoms with E-state index in [0.29, 0.717) is 17.5 Å². The average molecular weight is 304 g/mol. The van der Waals surface area contributed by atoms with Gasteiger partial charge in [-0.15, -0.1) is 0 Å². The fraction of sp³-hybridized carbons (Fsp3) is 0.211. The molecule has 23 heavy (non-hydrogen) atoms. The Bertz CT molecular complexity index is 767. The van der Waals surface area contributed by atoms with Gasteiger partial charge in [-0.1, -0.05) is 24.3 Å². The van der Waals surface area contributed by atoms with Crippen LogP contribution in [0.3, 0.4) is 0 Å². The molecule has 0 amide bonds.